The number of rotatable bonds is 4. The second-order valence-corrected chi connectivity index (χ2v) is 7.36. The number of aromatic amines is 2. The molecule has 2 heterocycles. The van der Waals surface area contributed by atoms with Gasteiger partial charge in [0.25, 0.3) is 5.56 Å². The third kappa shape index (κ3) is 3.78. The van der Waals surface area contributed by atoms with Crippen molar-refractivity contribution in [3.05, 3.63) is 87.8 Å². The lowest BCUT2D eigenvalue weighted by Gasteiger charge is -2.10. The summed E-state index contributed by atoms with van der Waals surface area (Å²) in [4.78, 5) is 29.8. The van der Waals surface area contributed by atoms with Gasteiger partial charge in [-0.25, -0.2) is 18.7 Å². The Labute approximate surface area is 184 Å². The van der Waals surface area contributed by atoms with Gasteiger partial charge in [-0.3, -0.25) is 4.79 Å². The first-order valence-electron chi connectivity index (χ1n) is 9.80. The van der Waals surface area contributed by atoms with Crippen molar-refractivity contribution >= 4 is 27.9 Å². The van der Waals surface area contributed by atoms with Crippen molar-refractivity contribution < 1.29 is 18.3 Å². The molecule has 0 saturated carbocycles. The summed E-state index contributed by atoms with van der Waals surface area (Å²) in [6.45, 7) is 0. The van der Waals surface area contributed by atoms with E-state index in [1.54, 1.807) is 42.5 Å². The van der Waals surface area contributed by atoms with Crippen LogP contribution in [0, 0.1) is 11.6 Å². The number of nitrogens with zero attached hydrogens (tertiary/aromatic N) is 2. The van der Waals surface area contributed by atoms with Gasteiger partial charge in [0.1, 0.15) is 0 Å². The van der Waals surface area contributed by atoms with Gasteiger partial charge in [0.15, 0.2) is 11.6 Å². The predicted octanol–water partition coefficient (Wildman–Crippen LogP) is 3.79. The van der Waals surface area contributed by atoms with Crippen LogP contribution in [0.3, 0.4) is 0 Å². The van der Waals surface area contributed by atoms with Crippen LogP contribution in [0.1, 0.15) is 11.3 Å². The van der Waals surface area contributed by atoms with Crippen LogP contribution in [-0.4, -0.2) is 26.3 Å². The molecular formula is C23H15F2N5O3. The van der Waals surface area contributed by atoms with Crippen molar-refractivity contribution in [2.45, 2.75) is 6.42 Å². The molecule has 0 aliphatic heterocycles. The largest absolute Gasteiger partial charge is 0.412 e. The number of carbonyl (C=O) groups excluding carboxylic acids is 1. The molecule has 33 heavy (non-hydrogen) atoms. The minimum atomic E-state index is -1.03. The molecule has 0 aliphatic carbocycles. The van der Waals surface area contributed by atoms with Crippen molar-refractivity contribution in [3.8, 4) is 17.1 Å². The van der Waals surface area contributed by atoms with Gasteiger partial charge in [0, 0.05) is 17.4 Å². The Balaban J connectivity index is 1.57. The van der Waals surface area contributed by atoms with E-state index >= 15 is 0 Å². The first-order chi connectivity index (χ1) is 15.9. The number of nitrogens with two attached hydrogens (primary N) is 1. The van der Waals surface area contributed by atoms with E-state index in [2.05, 4.69) is 20.2 Å². The molecule has 8 nitrogen and oxygen atoms in total. The minimum Gasteiger partial charge on any atom is -0.376 e. The summed E-state index contributed by atoms with van der Waals surface area (Å²) in [5.41, 5.74) is 6.98. The molecule has 3 aromatic carbocycles. The highest BCUT2D eigenvalue weighted by atomic mass is 19.2. The van der Waals surface area contributed by atoms with E-state index in [9.17, 15) is 18.4 Å². The number of hydrogen-bond donors (Lipinski definition) is 3. The molecule has 5 rings (SSSR count). The van der Waals surface area contributed by atoms with Gasteiger partial charge in [0.2, 0.25) is 0 Å². The number of aromatic nitrogens is 4. The highest BCUT2D eigenvalue weighted by Crippen LogP contribution is 2.30. The van der Waals surface area contributed by atoms with Gasteiger partial charge in [-0.2, -0.15) is 10.1 Å². The maximum absolute atomic E-state index is 14.7. The molecular weight excluding hydrogens is 432 g/mol. The van der Waals surface area contributed by atoms with Crippen molar-refractivity contribution in [3.63, 3.8) is 0 Å². The lowest BCUT2D eigenvalue weighted by Crippen LogP contribution is -2.16. The summed E-state index contributed by atoms with van der Waals surface area (Å²) in [5.74, 6) is -2.02. The Morgan fingerprint density at radius 2 is 1.85 bits per heavy atom. The Morgan fingerprint density at radius 3 is 2.64 bits per heavy atom. The average Bonchev–Trinajstić information content (AvgIpc) is 3.19. The number of halogens is 2. The molecule has 0 bridgehead atoms. The molecule has 0 aliphatic rings. The second kappa shape index (κ2) is 7.83. The van der Waals surface area contributed by atoms with Gasteiger partial charge in [-0.1, -0.05) is 24.3 Å². The molecule has 0 saturated heterocycles. The number of hydrogen-bond acceptors (Lipinski definition) is 5. The van der Waals surface area contributed by atoms with Gasteiger partial charge >= 0.3 is 12.1 Å². The topological polar surface area (TPSA) is 127 Å². The van der Waals surface area contributed by atoms with E-state index < -0.39 is 17.7 Å². The van der Waals surface area contributed by atoms with Gasteiger partial charge in [-0.15, -0.1) is 0 Å². The fraction of sp³-hybridized carbons (Fsp3) is 0.0435. The van der Waals surface area contributed by atoms with Crippen LogP contribution in [0.4, 0.5) is 13.6 Å². The van der Waals surface area contributed by atoms with E-state index in [-0.39, 0.29) is 23.6 Å². The average molecular weight is 447 g/mol. The van der Waals surface area contributed by atoms with E-state index in [1.807, 2.05) is 0 Å². The van der Waals surface area contributed by atoms with E-state index in [0.29, 0.717) is 38.6 Å². The summed E-state index contributed by atoms with van der Waals surface area (Å²) in [6.07, 6.45) is -0.858. The maximum atomic E-state index is 14.7. The highest BCUT2D eigenvalue weighted by Gasteiger charge is 2.16. The maximum Gasteiger partial charge on any atom is 0.412 e. The Kier molecular flexibility index (Phi) is 4.82. The monoisotopic (exact) mass is 447 g/mol. The number of imidazole rings is 1. The lowest BCUT2D eigenvalue weighted by atomic mass is 9.98. The number of amides is 1. The summed E-state index contributed by atoms with van der Waals surface area (Å²) in [7, 11) is 0. The van der Waals surface area contributed by atoms with Gasteiger partial charge in [0.05, 0.1) is 22.1 Å². The van der Waals surface area contributed by atoms with E-state index in [0.717, 1.165) is 6.07 Å². The quantitative estimate of drug-likeness (QED) is 0.386. The summed E-state index contributed by atoms with van der Waals surface area (Å²) >= 11 is 0. The molecule has 0 radical (unpaired) electrons. The van der Waals surface area contributed by atoms with E-state index in [4.69, 9.17) is 10.5 Å². The van der Waals surface area contributed by atoms with Crippen molar-refractivity contribution in [2.75, 3.05) is 0 Å². The zero-order valence-corrected chi connectivity index (χ0v) is 16.9. The second-order valence-electron chi connectivity index (χ2n) is 7.36. The number of primary amides is 1. The summed E-state index contributed by atoms with van der Waals surface area (Å²) < 4.78 is 34.0. The van der Waals surface area contributed by atoms with Crippen molar-refractivity contribution in [1.29, 1.82) is 0 Å². The molecule has 2 aromatic heterocycles. The van der Waals surface area contributed by atoms with Gasteiger partial charge < -0.3 is 15.5 Å². The van der Waals surface area contributed by atoms with Gasteiger partial charge in [-0.05, 0) is 41.5 Å². The van der Waals surface area contributed by atoms with E-state index in [1.165, 1.54) is 6.07 Å². The minimum absolute atomic E-state index is 0.0348. The van der Waals surface area contributed by atoms with Crippen LogP contribution >= 0.6 is 0 Å². The standard InChI is InChI=1S/C23H15F2N5O3/c24-16-8-11(9-18-13-3-1-2-4-14(13)21(31)30-29-18)7-15(20(16)25)12-5-6-17-19(10-12)28-23(27-17)33-22(26)32/h1-8,10H,9H2,(H2,26,32)(H,27,28)(H,30,31). The van der Waals surface area contributed by atoms with Crippen LogP contribution in [0.5, 0.6) is 6.01 Å². The first kappa shape index (κ1) is 20.3. The Morgan fingerprint density at radius 1 is 1.06 bits per heavy atom. The first-order valence-corrected chi connectivity index (χ1v) is 9.80. The molecule has 10 heteroatoms. The third-order valence-electron chi connectivity index (χ3n) is 5.20. The Bertz CT molecular complexity index is 1610. The SMILES string of the molecule is NC(=O)Oc1nc2ccc(-c3cc(Cc4n[nH]c(=O)c5ccccc45)cc(F)c3F)cc2[nH]1. The smallest absolute Gasteiger partial charge is 0.376 e. The zero-order chi connectivity index (χ0) is 23.1. The molecule has 0 spiro atoms. The lowest BCUT2D eigenvalue weighted by molar-refractivity contribution is 0.207. The number of carbonyl (C=O) groups is 1. The number of benzene rings is 3. The van der Waals surface area contributed by atoms with Crippen LogP contribution in [0.2, 0.25) is 0 Å². The van der Waals surface area contributed by atoms with Crippen molar-refractivity contribution in [2.24, 2.45) is 5.73 Å². The zero-order valence-electron chi connectivity index (χ0n) is 16.9. The fourth-order valence-electron chi connectivity index (χ4n) is 3.75. The van der Waals surface area contributed by atoms with Crippen molar-refractivity contribution in [1.82, 2.24) is 20.2 Å². The molecule has 1 amide bonds. The number of H-pyrrole nitrogens is 2. The molecule has 0 fully saturated rings. The summed E-state index contributed by atoms with van der Waals surface area (Å²) in [5, 5.41) is 7.64. The molecule has 5 aromatic rings. The number of fused-ring (bicyclic) bond motifs is 2. The highest BCUT2D eigenvalue weighted by molar-refractivity contribution is 5.84. The molecule has 164 valence electrons. The normalized spacial score (nSPS) is 11.2. The molecule has 0 unspecified atom stereocenters. The molecule has 0 atom stereocenters. The predicted molar refractivity (Wildman–Crippen MR) is 117 cm³/mol. The van der Waals surface area contributed by atoms with Crippen LogP contribution in [-0.2, 0) is 6.42 Å². The fourth-order valence-corrected chi connectivity index (χ4v) is 3.75. The summed E-state index contributed by atoms with van der Waals surface area (Å²) in [6, 6.07) is 14.2. The Hall–Kier alpha value is -4.60. The molecule has 4 N–H and O–H groups in total. The third-order valence-corrected chi connectivity index (χ3v) is 5.20. The number of nitrogens with one attached hydrogen (secondary N) is 2. The van der Waals surface area contributed by atoms with Crippen LogP contribution < -0.4 is 16.0 Å². The van der Waals surface area contributed by atoms with Crippen LogP contribution in [0.15, 0.2) is 59.4 Å². The van der Waals surface area contributed by atoms with Crippen LogP contribution in [0.25, 0.3) is 32.9 Å². The number of ether oxygens (including phenoxy) is 1.